The van der Waals surface area contributed by atoms with E-state index in [4.69, 9.17) is 0 Å². The van der Waals surface area contributed by atoms with Crippen molar-refractivity contribution >= 4 is 5.97 Å². The molecule has 0 bridgehead atoms. The van der Waals surface area contributed by atoms with E-state index in [9.17, 15) is 9.90 Å². The van der Waals surface area contributed by atoms with Gasteiger partial charge in [-0.3, -0.25) is 9.69 Å². The number of likely N-dealkylation sites (tertiary alicyclic amines) is 1. The van der Waals surface area contributed by atoms with Gasteiger partial charge in [0.25, 0.3) is 0 Å². The van der Waals surface area contributed by atoms with E-state index in [-0.39, 0.29) is 12.0 Å². The third-order valence-electron chi connectivity index (χ3n) is 5.23. The number of carboxylic acid groups (broad SMARTS) is 1. The lowest BCUT2D eigenvalue weighted by molar-refractivity contribution is -0.154. The van der Waals surface area contributed by atoms with Gasteiger partial charge >= 0.3 is 5.97 Å². The van der Waals surface area contributed by atoms with E-state index in [2.05, 4.69) is 29.2 Å². The molecule has 0 aromatic heterocycles. The number of hydrogen-bond acceptors (Lipinski definition) is 2. The Hall–Kier alpha value is -1.35. The van der Waals surface area contributed by atoms with Gasteiger partial charge in [0.15, 0.2) is 0 Å². The molecule has 1 aliphatic heterocycles. The average molecular weight is 287 g/mol. The van der Waals surface area contributed by atoms with Crippen LogP contribution in [0.4, 0.5) is 0 Å². The van der Waals surface area contributed by atoms with Crippen molar-refractivity contribution in [3.8, 4) is 0 Å². The second kappa shape index (κ2) is 6.61. The molecule has 3 unspecified atom stereocenters. The fourth-order valence-corrected chi connectivity index (χ4v) is 4.04. The predicted molar refractivity (Wildman–Crippen MR) is 83.2 cm³/mol. The molecule has 1 saturated heterocycles. The maximum Gasteiger partial charge on any atom is 0.308 e. The van der Waals surface area contributed by atoms with Crippen LogP contribution in [0.1, 0.15) is 37.7 Å². The second-order valence-electron chi connectivity index (χ2n) is 6.55. The molecule has 21 heavy (non-hydrogen) atoms. The second-order valence-corrected chi connectivity index (χ2v) is 6.55. The molecule has 1 saturated carbocycles. The molecule has 1 aromatic rings. The molecule has 3 atom stereocenters. The molecule has 0 radical (unpaired) electrons. The van der Waals surface area contributed by atoms with Gasteiger partial charge in [-0.05, 0) is 56.7 Å². The minimum atomic E-state index is -0.596. The first kappa shape index (κ1) is 14.6. The van der Waals surface area contributed by atoms with Crippen molar-refractivity contribution in [1.29, 1.82) is 0 Å². The van der Waals surface area contributed by atoms with Crippen LogP contribution in [0.25, 0.3) is 0 Å². The van der Waals surface area contributed by atoms with E-state index < -0.39 is 5.97 Å². The molecule has 114 valence electrons. The predicted octanol–water partition coefficient (Wildman–Crippen LogP) is 3.19. The van der Waals surface area contributed by atoms with Crippen LogP contribution in [0.2, 0.25) is 0 Å². The third kappa shape index (κ3) is 3.29. The number of aliphatic carboxylic acids is 1. The molecule has 1 aromatic carbocycles. The van der Waals surface area contributed by atoms with Crippen molar-refractivity contribution in [2.75, 3.05) is 13.1 Å². The molecule has 0 amide bonds. The number of hydrogen-bond donors (Lipinski definition) is 1. The van der Waals surface area contributed by atoms with Crippen molar-refractivity contribution in [3.63, 3.8) is 0 Å². The summed E-state index contributed by atoms with van der Waals surface area (Å²) in [5.74, 6) is -0.171. The summed E-state index contributed by atoms with van der Waals surface area (Å²) in [6.45, 7) is 2.19. The Bertz CT molecular complexity index is 467. The SMILES string of the molecule is O=C(O)C1CC(CCc2ccccc2)C1N1CCCCC1. The average Bonchev–Trinajstić information content (AvgIpc) is 2.48. The van der Waals surface area contributed by atoms with Crippen LogP contribution in [0.3, 0.4) is 0 Å². The maximum atomic E-state index is 11.4. The van der Waals surface area contributed by atoms with Gasteiger partial charge in [-0.1, -0.05) is 36.8 Å². The highest BCUT2D eigenvalue weighted by Crippen LogP contribution is 2.42. The lowest BCUT2D eigenvalue weighted by Crippen LogP contribution is -2.57. The van der Waals surface area contributed by atoms with Crippen LogP contribution >= 0.6 is 0 Å². The van der Waals surface area contributed by atoms with Crippen LogP contribution in [0.5, 0.6) is 0 Å². The lowest BCUT2D eigenvalue weighted by atomic mass is 9.66. The van der Waals surface area contributed by atoms with E-state index in [0.29, 0.717) is 5.92 Å². The van der Waals surface area contributed by atoms with Crippen LogP contribution < -0.4 is 0 Å². The van der Waals surface area contributed by atoms with Crippen molar-refractivity contribution < 1.29 is 9.90 Å². The Kier molecular flexibility index (Phi) is 4.59. The summed E-state index contributed by atoms with van der Waals surface area (Å²) in [5, 5.41) is 9.41. The highest BCUT2D eigenvalue weighted by molar-refractivity contribution is 5.72. The Morgan fingerprint density at radius 1 is 1.14 bits per heavy atom. The first-order valence-corrected chi connectivity index (χ1v) is 8.26. The largest absolute Gasteiger partial charge is 0.481 e. The highest BCUT2D eigenvalue weighted by Gasteiger charge is 2.47. The third-order valence-corrected chi connectivity index (χ3v) is 5.23. The minimum Gasteiger partial charge on any atom is -0.481 e. The number of aryl methyl sites for hydroxylation is 1. The Balaban J connectivity index is 1.60. The quantitative estimate of drug-likeness (QED) is 0.904. The highest BCUT2D eigenvalue weighted by atomic mass is 16.4. The summed E-state index contributed by atoms with van der Waals surface area (Å²) < 4.78 is 0. The van der Waals surface area contributed by atoms with E-state index in [0.717, 1.165) is 32.4 Å². The van der Waals surface area contributed by atoms with E-state index in [1.807, 2.05) is 6.07 Å². The number of rotatable bonds is 5. The Morgan fingerprint density at radius 2 is 1.86 bits per heavy atom. The Labute approximate surface area is 127 Å². The van der Waals surface area contributed by atoms with Crippen molar-refractivity contribution in [2.45, 2.75) is 44.6 Å². The molecular weight excluding hydrogens is 262 g/mol. The monoisotopic (exact) mass is 287 g/mol. The summed E-state index contributed by atoms with van der Waals surface area (Å²) in [5.41, 5.74) is 1.37. The van der Waals surface area contributed by atoms with Crippen LogP contribution in [-0.4, -0.2) is 35.1 Å². The summed E-state index contributed by atoms with van der Waals surface area (Å²) in [6, 6.07) is 10.8. The van der Waals surface area contributed by atoms with E-state index in [1.165, 1.54) is 24.8 Å². The number of carbonyl (C=O) groups is 1. The van der Waals surface area contributed by atoms with Gasteiger partial charge in [0.05, 0.1) is 5.92 Å². The van der Waals surface area contributed by atoms with Crippen LogP contribution in [0, 0.1) is 11.8 Å². The van der Waals surface area contributed by atoms with Gasteiger partial charge in [-0.25, -0.2) is 0 Å². The lowest BCUT2D eigenvalue weighted by Gasteiger charge is -2.50. The fraction of sp³-hybridized carbons (Fsp3) is 0.611. The van der Waals surface area contributed by atoms with Gasteiger partial charge in [0, 0.05) is 6.04 Å². The maximum absolute atomic E-state index is 11.4. The standard InChI is InChI=1S/C18H25NO2/c20-18(21)16-13-15(10-9-14-7-3-1-4-8-14)17(16)19-11-5-2-6-12-19/h1,3-4,7-8,15-17H,2,5-6,9-13H2,(H,20,21). The summed E-state index contributed by atoms with van der Waals surface area (Å²) in [4.78, 5) is 13.9. The molecule has 1 aliphatic carbocycles. The van der Waals surface area contributed by atoms with E-state index in [1.54, 1.807) is 0 Å². The van der Waals surface area contributed by atoms with Gasteiger partial charge in [-0.15, -0.1) is 0 Å². The minimum absolute atomic E-state index is 0.135. The summed E-state index contributed by atoms with van der Waals surface area (Å²) in [7, 11) is 0. The van der Waals surface area contributed by atoms with Crippen molar-refractivity contribution in [1.82, 2.24) is 4.90 Å². The van der Waals surface area contributed by atoms with Gasteiger partial charge in [0.1, 0.15) is 0 Å². The normalized spacial score (nSPS) is 29.8. The number of nitrogens with zero attached hydrogens (tertiary/aromatic N) is 1. The first-order chi connectivity index (χ1) is 10.3. The molecule has 3 heteroatoms. The topological polar surface area (TPSA) is 40.5 Å². The molecule has 3 rings (SSSR count). The van der Waals surface area contributed by atoms with Crippen LogP contribution in [0.15, 0.2) is 30.3 Å². The van der Waals surface area contributed by atoms with Gasteiger partial charge in [0.2, 0.25) is 0 Å². The molecule has 3 nitrogen and oxygen atoms in total. The van der Waals surface area contributed by atoms with E-state index >= 15 is 0 Å². The molecule has 2 fully saturated rings. The molecule has 0 spiro atoms. The van der Waals surface area contributed by atoms with Gasteiger partial charge in [-0.2, -0.15) is 0 Å². The number of piperidine rings is 1. The zero-order valence-corrected chi connectivity index (χ0v) is 12.6. The summed E-state index contributed by atoms with van der Waals surface area (Å²) >= 11 is 0. The fourth-order valence-electron chi connectivity index (χ4n) is 4.04. The number of carboxylic acids is 1. The zero-order valence-electron chi connectivity index (χ0n) is 12.6. The van der Waals surface area contributed by atoms with Gasteiger partial charge < -0.3 is 5.11 Å². The zero-order chi connectivity index (χ0) is 14.7. The van der Waals surface area contributed by atoms with Crippen molar-refractivity contribution in [2.24, 2.45) is 11.8 Å². The molecular formula is C18H25NO2. The molecule has 2 aliphatic rings. The van der Waals surface area contributed by atoms with Crippen molar-refractivity contribution in [3.05, 3.63) is 35.9 Å². The number of benzene rings is 1. The summed E-state index contributed by atoms with van der Waals surface area (Å²) in [6.07, 6.45) is 6.82. The first-order valence-electron chi connectivity index (χ1n) is 8.26. The molecule has 1 N–H and O–H groups in total. The van der Waals surface area contributed by atoms with Crippen LogP contribution in [-0.2, 0) is 11.2 Å². The smallest absolute Gasteiger partial charge is 0.308 e. The Morgan fingerprint density at radius 3 is 2.52 bits per heavy atom. The molecule has 1 heterocycles.